The first kappa shape index (κ1) is 20.1. The average Bonchev–Trinajstić information content (AvgIpc) is 3.15. The van der Waals surface area contributed by atoms with Gasteiger partial charge in [-0.25, -0.2) is 4.79 Å². The third kappa shape index (κ3) is 3.37. The Morgan fingerprint density at radius 2 is 1.76 bits per heavy atom. The number of carbonyl (C=O) groups excluding carboxylic acids is 1. The molecule has 0 aromatic heterocycles. The predicted octanol–water partition coefficient (Wildman–Crippen LogP) is 6.29. The molecule has 3 nitrogen and oxygen atoms in total. The van der Waals surface area contributed by atoms with Crippen molar-refractivity contribution in [2.24, 2.45) is 0 Å². The molecule has 0 radical (unpaired) electrons. The van der Waals surface area contributed by atoms with Crippen LogP contribution in [0.25, 0.3) is 0 Å². The van der Waals surface area contributed by atoms with Crippen LogP contribution >= 0.6 is 11.6 Å². The lowest BCUT2D eigenvalue weighted by Crippen LogP contribution is -2.32. The molecule has 0 unspecified atom stereocenters. The first-order valence-electron chi connectivity index (χ1n) is 9.58. The van der Waals surface area contributed by atoms with Crippen molar-refractivity contribution in [1.29, 1.82) is 0 Å². The van der Waals surface area contributed by atoms with E-state index < -0.39 is 17.8 Å². The van der Waals surface area contributed by atoms with Gasteiger partial charge in [0.05, 0.1) is 23.7 Å². The van der Waals surface area contributed by atoms with E-state index in [0.29, 0.717) is 22.6 Å². The van der Waals surface area contributed by atoms with Gasteiger partial charge in [0.15, 0.2) is 0 Å². The first-order chi connectivity index (χ1) is 13.6. The minimum absolute atomic E-state index is 0.167. The van der Waals surface area contributed by atoms with Gasteiger partial charge in [-0.05, 0) is 56.0 Å². The maximum atomic E-state index is 13.3. The van der Waals surface area contributed by atoms with Gasteiger partial charge < -0.3 is 9.80 Å². The quantitative estimate of drug-likeness (QED) is 0.558. The minimum Gasteiger partial charge on any atom is -0.319 e. The van der Waals surface area contributed by atoms with E-state index in [9.17, 15) is 18.0 Å². The highest BCUT2D eigenvalue weighted by molar-refractivity contribution is 6.31. The van der Waals surface area contributed by atoms with E-state index in [-0.39, 0.29) is 18.1 Å². The van der Waals surface area contributed by atoms with E-state index in [2.05, 4.69) is 0 Å². The highest BCUT2D eigenvalue weighted by Gasteiger charge is 2.52. The first-order valence-corrected chi connectivity index (χ1v) is 9.95. The molecular formula is C22H22ClF3N2O. The Morgan fingerprint density at radius 1 is 1.03 bits per heavy atom. The lowest BCUT2D eigenvalue weighted by molar-refractivity contribution is -0.137. The number of urea groups is 1. The van der Waals surface area contributed by atoms with E-state index in [4.69, 9.17) is 11.6 Å². The second-order valence-electron chi connectivity index (χ2n) is 8.06. The molecule has 2 heterocycles. The van der Waals surface area contributed by atoms with Crippen LogP contribution in [-0.4, -0.2) is 28.9 Å². The number of hydrogen-bond acceptors (Lipinski definition) is 1. The van der Waals surface area contributed by atoms with E-state index in [1.54, 1.807) is 29.8 Å². The molecule has 0 aliphatic carbocycles. The Morgan fingerprint density at radius 3 is 2.45 bits per heavy atom. The summed E-state index contributed by atoms with van der Waals surface area (Å²) in [6, 6.07) is 8.87. The van der Waals surface area contributed by atoms with Crippen molar-refractivity contribution in [2.75, 3.05) is 7.05 Å². The van der Waals surface area contributed by atoms with Gasteiger partial charge in [0.2, 0.25) is 0 Å². The fourth-order valence-electron chi connectivity index (χ4n) is 4.80. The summed E-state index contributed by atoms with van der Waals surface area (Å²) in [7, 11) is 1.66. The Kier molecular flexibility index (Phi) is 4.80. The zero-order chi connectivity index (χ0) is 21.1. The summed E-state index contributed by atoms with van der Waals surface area (Å²) in [5.41, 5.74) is 2.33. The van der Waals surface area contributed by atoms with Gasteiger partial charge in [-0.2, -0.15) is 13.2 Å². The molecule has 2 fully saturated rings. The molecular weight excluding hydrogens is 401 g/mol. The second kappa shape index (κ2) is 6.94. The van der Waals surface area contributed by atoms with Crippen LogP contribution in [0, 0.1) is 13.8 Å². The molecule has 0 N–H and O–H groups in total. The van der Waals surface area contributed by atoms with Gasteiger partial charge in [0.25, 0.3) is 0 Å². The number of aryl methyl sites for hydroxylation is 2. The summed E-state index contributed by atoms with van der Waals surface area (Å²) in [6.45, 7) is 3.62. The lowest BCUT2D eigenvalue weighted by Gasteiger charge is -2.25. The molecule has 2 aromatic rings. The predicted molar refractivity (Wildman–Crippen MR) is 106 cm³/mol. The monoisotopic (exact) mass is 422 g/mol. The van der Waals surface area contributed by atoms with Crippen molar-refractivity contribution < 1.29 is 18.0 Å². The van der Waals surface area contributed by atoms with Gasteiger partial charge >= 0.3 is 12.2 Å². The highest BCUT2D eigenvalue weighted by atomic mass is 35.5. The van der Waals surface area contributed by atoms with Crippen LogP contribution in [-0.2, 0) is 6.18 Å². The molecule has 154 valence electrons. The number of benzene rings is 2. The van der Waals surface area contributed by atoms with Gasteiger partial charge in [-0.15, -0.1) is 0 Å². The topological polar surface area (TPSA) is 23.6 Å². The van der Waals surface area contributed by atoms with Gasteiger partial charge in [-0.1, -0.05) is 40.9 Å². The Balaban J connectivity index is 1.74. The molecule has 7 heteroatoms. The van der Waals surface area contributed by atoms with Crippen molar-refractivity contribution in [3.05, 3.63) is 69.2 Å². The smallest absolute Gasteiger partial charge is 0.319 e. The number of likely N-dealkylation sites (N-methyl/N-ethyl adjacent to an activating group) is 1. The molecule has 3 atom stereocenters. The van der Waals surface area contributed by atoms with E-state index in [1.807, 2.05) is 25.1 Å². The normalized spacial score (nSPS) is 24.4. The molecule has 0 bridgehead atoms. The number of nitrogens with zero attached hydrogens (tertiary/aromatic N) is 2. The van der Waals surface area contributed by atoms with Crippen LogP contribution in [0.5, 0.6) is 0 Å². The Labute approximate surface area is 173 Å². The van der Waals surface area contributed by atoms with Crippen molar-refractivity contribution in [3.8, 4) is 0 Å². The molecule has 2 aliphatic rings. The zero-order valence-electron chi connectivity index (χ0n) is 16.4. The molecule has 0 spiro atoms. The van der Waals surface area contributed by atoms with Crippen molar-refractivity contribution in [3.63, 3.8) is 0 Å². The van der Waals surface area contributed by atoms with Crippen LogP contribution in [0.1, 0.15) is 52.7 Å². The maximum Gasteiger partial charge on any atom is 0.416 e. The van der Waals surface area contributed by atoms with E-state index in [0.717, 1.165) is 23.6 Å². The standard InChI is InChI=1S/C22H22ClF3N2O/c1-12-4-5-17(23)16(10-12)18-6-7-19-20(27(3)21(29)28(18)19)14-8-13(2)9-15(11-14)22(24,25)26/h4-5,8-11,18-20H,6-7H2,1-3H3/t18-,19-,20+/m0/s1. The molecule has 2 aliphatic heterocycles. The average molecular weight is 423 g/mol. The van der Waals surface area contributed by atoms with Crippen molar-refractivity contribution >= 4 is 17.6 Å². The number of hydrogen-bond donors (Lipinski definition) is 0. The van der Waals surface area contributed by atoms with Crippen molar-refractivity contribution in [1.82, 2.24) is 9.80 Å². The summed E-state index contributed by atoms with van der Waals surface area (Å²) < 4.78 is 40.0. The summed E-state index contributed by atoms with van der Waals surface area (Å²) in [6.07, 6.45) is -2.97. The third-order valence-electron chi connectivity index (χ3n) is 6.01. The number of alkyl halides is 3. The minimum atomic E-state index is -4.42. The number of fused-ring (bicyclic) bond motifs is 1. The van der Waals surface area contributed by atoms with Crippen molar-refractivity contribution in [2.45, 2.75) is 51.0 Å². The number of carbonyl (C=O) groups is 1. The molecule has 4 rings (SSSR count). The van der Waals surface area contributed by atoms with Gasteiger partial charge in [0, 0.05) is 12.1 Å². The maximum absolute atomic E-state index is 13.3. The van der Waals surface area contributed by atoms with Crippen LogP contribution in [0.2, 0.25) is 5.02 Å². The summed E-state index contributed by atoms with van der Waals surface area (Å²) >= 11 is 6.42. The number of amides is 2. The Bertz CT molecular complexity index is 975. The summed E-state index contributed by atoms with van der Waals surface area (Å²) in [5, 5.41) is 0.607. The highest BCUT2D eigenvalue weighted by Crippen LogP contribution is 2.49. The van der Waals surface area contributed by atoms with E-state index >= 15 is 0 Å². The number of halogens is 4. The molecule has 0 saturated carbocycles. The Hall–Kier alpha value is -2.21. The third-order valence-corrected chi connectivity index (χ3v) is 6.36. The zero-order valence-corrected chi connectivity index (χ0v) is 17.2. The summed E-state index contributed by atoms with van der Waals surface area (Å²) in [4.78, 5) is 16.5. The van der Waals surface area contributed by atoms with Gasteiger partial charge in [0.1, 0.15) is 0 Å². The number of rotatable bonds is 2. The SMILES string of the molecule is Cc1cc([C@@H]2[C@@H]3CC[C@@H](c4cc(C)ccc4Cl)N3C(=O)N2C)cc(C(F)(F)F)c1. The molecule has 2 saturated heterocycles. The molecule has 2 aromatic carbocycles. The van der Waals surface area contributed by atoms with Crippen LogP contribution < -0.4 is 0 Å². The molecule has 29 heavy (non-hydrogen) atoms. The summed E-state index contributed by atoms with van der Waals surface area (Å²) in [5.74, 6) is 0. The van der Waals surface area contributed by atoms with Gasteiger partial charge in [-0.3, -0.25) is 0 Å². The van der Waals surface area contributed by atoms with Crippen LogP contribution in [0.3, 0.4) is 0 Å². The fraction of sp³-hybridized carbons (Fsp3) is 0.409. The second-order valence-corrected chi connectivity index (χ2v) is 8.47. The van der Waals surface area contributed by atoms with Crippen LogP contribution in [0.15, 0.2) is 36.4 Å². The lowest BCUT2D eigenvalue weighted by atomic mass is 9.94. The molecule has 2 amide bonds. The van der Waals surface area contributed by atoms with Crippen LogP contribution in [0.4, 0.5) is 18.0 Å². The largest absolute Gasteiger partial charge is 0.416 e. The van der Waals surface area contributed by atoms with E-state index in [1.165, 1.54) is 6.07 Å². The fourth-order valence-corrected chi connectivity index (χ4v) is 5.04.